The summed E-state index contributed by atoms with van der Waals surface area (Å²) in [6, 6.07) is 0.354. The summed E-state index contributed by atoms with van der Waals surface area (Å²) in [4.78, 5) is 45.0. The van der Waals surface area contributed by atoms with Crippen LogP contribution in [0.3, 0.4) is 0 Å². The fourth-order valence-electron chi connectivity index (χ4n) is 3.58. The summed E-state index contributed by atoms with van der Waals surface area (Å²) in [6.45, 7) is 3.00. The zero-order valence-electron chi connectivity index (χ0n) is 13.4. The summed E-state index contributed by atoms with van der Waals surface area (Å²) < 4.78 is 1.51. The predicted molar refractivity (Wildman–Crippen MR) is 81.3 cm³/mol. The predicted octanol–water partition coefficient (Wildman–Crippen LogP) is -0.0582. The molecule has 1 atom stereocenters. The van der Waals surface area contributed by atoms with E-state index < -0.39 is 0 Å². The Labute approximate surface area is 133 Å². The summed E-state index contributed by atoms with van der Waals surface area (Å²) in [5.41, 5.74) is 1.22. The molecule has 3 heterocycles. The first-order valence-electron chi connectivity index (χ1n) is 8.09. The third-order valence-corrected chi connectivity index (χ3v) is 5.19. The van der Waals surface area contributed by atoms with E-state index in [1.54, 1.807) is 18.9 Å². The first-order chi connectivity index (χ1) is 11.0. The number of carbonyl (C=O) groups is 2. The second-order valence-electron chi connectivity index (χ2n) is 6.82. The molecule has 0 bridgehead atoms. The zero-order chi connectivity index (χ0) is 16.3. The fraction of sp³-hybridized carbons (Fsp3) is 0.625. The van der Waals surface area contributed by atoms with Crippen molar-refractivity contribution in [3.8, 4) is 0 Å². The Morgan fingerprint density at radius 3 is 2.65 bits per heavy atom. The van der Waals surface area contributed by atoms with Crippen LogP contribution in [0.2, 0.25) is 0 Å². The average molecular weight is 316 g/mol. The number of hydrogen-bond donors (Lipinski definition) is 0. The van der Waals surface area contributed by atoms with E-state index in [-0.39, 0.29) is 23.3 Å². The van der Waals surface area contributed by atoms with Crippen LogP contribution in [-0.2, 0) is 29.7 Å². The van der Waals surface area contributed by atoms with Crippen molar-refractivity contribution in [2.75, 3.05) is 6.54 Å². The Bertz CT molecular complexity index is 765. The summed E-state index contributed by atoms with van der Waals surface area (Å²) in [6.07, 6.45) is 2.41. The minimum atomic E-state index is -0.276. The smallest absolute Gasteiger partial charge is 0.258 e. The summed E-state index contributed by atoms with van der Waals surface area (Å²) in [5.74, 6) is 0.438. The summed E-state index contributed by atoms with van der Waals surface area (Å²) in [5, 5.41) is 0. The molecule has 1 saturated heterocycles. The molecule has 1 saturated carbocycles. The monoisotopic (exact) mass is 316 g/mol. The lowest BCUT2D eigenvalue weighted by Crippen LogP contribution is -2.35. The number of hydrogen-bond acceptors (Lipinski definition) is 4. The van der Waals surface area contributed by atoms with E-state index >= 15 is 0 Å². The van der Waals surface area contributed by atoms with Crippen LogP contribution in [-0.4, -0.2) is 43.8 Å². The number of fused-ring (bicyclic) bond motifs is 1. The number of aryl methyl sites for hydroxylation is 1. The van der Waals surface area contributed by atoms with E-state index in [2.05, 4.69) is 4.98 Å². The third-order valence-electron chi connectivity index (χ3n) is 5.19. The lowest BCUT2D eigenvalue weighted by Gasteiger charge is -2.20. The van der Waals surface area contributed by atoms with Crippen LogP contribution in [0.15, 0.2) is 4.79 Å². The van der Waals surface area contributed by atoms with Crippen LogP contribution >= 0.6 is 0 Å². The molecular formula is C16H20N4O3. The minimum absolute atomic E-state index is 0.0285. The van der Waals surface area contributed by atoms with Crippen LogP contribution in [0.25, 0.3) is 0 Å². The average Bonchev–Trinajstić information content (AvgIpc) is 3.16. The Kier molecular flexibility index (Phi) is 3.08. The number of amides is 2. The SMILES string of the molecule is Cc1nc2c(c(=O)n1C)CN(C(=O)[C@H]1CC(=O)N(C3CC3)C1)C2. The number of carbonyl (C=O) groups excluding carboxylic acids is 2. The Morgan fingerprint density at radius 1 is 1.22 bits per heavy atom. The lowest BCUT2D eigenvalue weighted by atomic mass is 10.1. The maximum Gasteiger partial charge on any atom is 0.258 e. The molecule has 1 aromatic heterocycles. The van der Waals surface area contributed by atoms with Crippen molar-refractivity contribution in [1.82, 2.24) is 19.4 Å². The molecule has 2 amide bonds. The van der Waals surface area contributed by atoms with Gasteiger partial charge in [-0.2, -0.15) is 0 Å². The molecule has 4 rings (SSSR count). The molecule has 122 valence electrons. The first kappa shape index (κ1) is 14.4. The fourth-order valence-corrected chi connectivity index (χ4v) is 3.58. The van der Waals surface area contributed by atoms with Crippen molar-refractivity contribution in [3.63, 3.8) is 0 Å². The van der Waals surface area contributed by atoms with E-state index in [9.17, 15) is 14.4 Å². The van der Waals surface area contributed by atoms with Crippen LogP contribution < -0.4 is 5.56 Å². The number of nitrogens with zero attached hydrogens (tertiary/aromatic N) is 4. The van der Waals surface area contributed by atoms with Gasteiger partial charge in [0.25, 0.3) is 5.56 Å². The second kappa shape index (κ2) is 4.91. The second-order valence-corrected chi connectivity index (χ2v) is 6.82. The minimum Gasteiger partial charge on any atom is -0.339 e. The molecule has 0 spiro atoms. The molecule has 0 aromatic carbocycles. The van der Waals surface area contributed by atoms with Crippen LogP contribution in [0, 0.1) is 12.8 Å². The summed E-state index contributed by atoms with van der Waals surface area (Å²) >= 11 is 0. The molecule has 0 N–H and O–H groups in total. The molecule has 23 heavy (non-hydrogen) atoms. The largest absolute Gasteiger partial charge is 0.339 e. The van der Waals surface area contributed by atoms with Crippen LogP contribution in [0.1, 0.15) is 36.3 Å². The van der Waals surface area contributed by atoms with Gasteiger partial charge in [-0.05, 0) is 19.8 Å². The molecule has 0 radical (unpaired) electrons. The van der Waals surface area contributed by atoms with Crippen molar-refractivity contribution in [3.05, 3.63) is 27.4 Å². The van der Waals surface area contributed by atoms with Gasteiger partial charge in [0.15, 0.2) is 0 Å². The highest BCUT2D eigenvalue weighted by Crippen LogP contribution is 2.34. The van der Waals surface area contributed by atoms with Gasteiger partial charge in [-0.25, -0.2) is 4.98 Å². The summed E-state index contributed by atoms with van der Waals surface area (Å²) in [7, 11) is 1.69. The van der Waals surface area contributed by atoms with E-state index in [4.69, 9.17) is 0 Å². The Hall–Kier alpha value is -2.18. The molecule has 0 unspecified atom stereocenters. The maximum absolute atomic E-state index is 12.7. The zero-order valence-corrected chi connectivity index (χ0v) is 13.4. The van der Waals surface area contributed by atoms with Crippen molar-refractivity contribution in [2.45, 2.75) is 45.3 Å². The van der Waals surface area contributed by atoms with Gasteiger partial charge < -0.3 is 9.80 Å². The molecule has 7 nitrogen and oxygen atoms in total. The van der Waals surface area contributed by atoms with E-state index in [0.717, 1.165) is 12.8 Å². The van der Waals surface area contributed by atoms with Gasteiger partial charge >= 0.3 is 0 Å². The number of rotatable bonds is 2. The standard InChI is InChI=1S/C16H20N4O3/c1-9-17-13-8-19(7-12(13)16(23)18(9)2)15(22)10-5-14(21)20(6-10)11-3-4-11/h10-11H,3-8H2,1-2H3/t10-/m0/s1. The Morgan fingerprint density at radius 2 is 1.96 bits per heavy atom. The van der Waals surface area contributed by atoms with E-state index in [1.165, 1.54) is 4.57 Å². The van der Waals surface area contributed by atoms with Crippen LogP contribution in [0.5, 0.6) is 0 Å². The van der Waals surface area contributed by atoms with Gasteiger partial charge in [-0.3, -0.25) is 19.0 Å². The van der Waals surface area contributed by atoms with E-state index in [1.807, 2.05) is 4.90 Å². The van der Waals surface area contributed by atoms with Gasteiger partial charge in [0.2, 0.25) is 11.8 Å². The van der Waals surface area contributed by atoms with Gasteiger partial charge in [-0.15, -0.1) is 0 Å². The van der Waals surface area contributed by atoms with Crippen molar-refractivity contribution >= 4 is 11.8 Å². The quantitative estimate of drug-likeness (QED) is 0.766. The highest BCUT2D eigenvalue weighted by atomic mass is 16.2. The topological polar surface area (TPSA) is 75.5 Å². The third kappa shape index (κ3) is 2.26. The van der Waals surface area contributed by atoms with Crippen molar-refractivity contribution in [2.24, 2.45) is 13.0 Å². The highest BCUT2D eigenvalue weighted by molar-refractivity contribution is 5.89. The lowest BCUT2D eigenvalue weighted by molar-refractivity contribution is -0.136. The molecule has 1 aromatic rings. The molecule has 2 fully saturated rings. The first-order valence-corrected chi connectivity index (χ1v) is 8.09. The van der Waals surface area contributed by atoms with E-state index in [0.29, 0.717) is 49.2 Å². The number of likely N-dealkylation sites (tertiary alicyclic amines) is 1. The molecular weight excluding hydrogens is 296 g/mol. The van der Waals surface area contributed by atoms with Crippen molar-refractivity contribution in [1.29, 1.82) is 0 Å². The molecule has 1 aliphatic carbocycles. The molecule has 7 heteroatoms. The molecule has 3 aliphatic rings. The van der Waals surface area contributed by atoms with Gasteiger partial charge in [0.05, 0.1) is 30.3 Å². The van der Waals surface area contributed by atoms with Gasteiger partial charge in [0.1, 0.15) is 5.82 Å². The Balaban J connectivity index is 1.52. The maximum atomic E-state index is 12.7. The normalized spacial score (nSPS) is 23.6. The van der Waals surface area contributed by atoms with Crippen LogP contribution in [0.4, 0.5) is 0 Å². The highest BCUT2D eigenvalue weighted by Gasteiger charge is 2.43. The van der Waals surface area contributed by atoms with Crippen molar-refractivity contribution < 1.29 is 9.59 Å². The number of aromatic nitrogens is 2. The van der Waals surface area contributed by atoms with Gasteiger partial charge in [0, 0.05) is 26.1 Å². The van der Waals surface area contributed by atoms with Gasteiger partial charge in [-0.1, -0.05) is 0 Å². The molecule has 2 aliphatic heterocycles.